The molecular weight excluding hydrogens is 255 g/mol. The van der Waals surface area contributed by atoms with E-state index in [1.807, 2.05) is 24.9 Å². The lowest BCUT2D eigenvalue weighted by molar-refractivity contribution is -0.136. The molecule has 3 nitrogen and oxygen atoms in total. The summed E-state index contributed by atoms with van der Waals surface area (Å²) < 4.78 is 13.4. The van der Waals surface area contributed by atoms with Crippen molar-refractivity contribution >= 4 is 5.91 Å². The van der Waals surface area contributed by atoms with Crippen molar-refractivity contribution in [2.75, 3.05) is 20.1 Å². The third-order valence-corrected chi connectivity index (χ3v) is 4.11. The monoisotopic (exact) mass is 278 g/mol. The fourth-order valence-electron chi connectivity index (χ4n) is 3.07. The lowest BCUT2D eigenvalue weighted by atomic mass is 9.95. The Labute approximate surface area is 120 Å². The van der Waals surface area contributed by atoms with Gasteiger partial charge in [-0.3, -0.25) is 4.79 Å². The Hall–Kier alpha value is -1.42. The molecule has 0 bridgehead atoms. The zero-order chi connectivity index (χ0) is 14.7. The van der Waals surface area contributed by atoms with Gasteiger partial charge in [0.25, 0.3) is 0 Å². The summed E-state index contributed by atoms with van der Waals surface area (Å²) in [5.41, 5.74) is 0.903. The normalized spacial score (nSPS) is 23.9. The summed E-state index contributed by atoms with van der Waals surface area (Å²) in [7, 11) is 1.85. The molecule has 1 N–H and O–H groups in total. The van der Waals surface area contributed by atoms with Gasteiger partial charge in [-0.1, -0.05) is 26.0 Å². The lowest BCUT2D eigenvalue weighted by Gasteiger charge is -2.29. The number of benzene rings is 1. The highest BCUT2D eigenvalue weighted by Crippen LogP contribution is 2.37. The predicted octanol–water partition coefficient (Wildman–Crippen LogP) is 2.59. The molecule has 3 atom stereocenters. The molecule has 0 radical (unpaired) electrons. The number of likely N-dealkylation sites (tertiary alicyclic amines) is 1. The van der Waals surface area contributed by atoms with E-state index >= 15 is 0 Å². The van der Waals surface area contributed by atoms with Gasteiger partial charge in [-0.15, -0.1) is 0 Å². The molecule has 0 spiro atoms. The van der Waals surface area contributed by atoms with Crippen LogP contribution in [0, 0.1) is 17.7 Å². The van der Waals surface area contributed by atoms with Crippen molar-refractivity contribution in [1.29, 1.82) is 0 Å². The van der Waals surface area contributed by atoms with Crippen LogP contribution in [0.2, 0.25) is 0 Å². The maximum absolute atomic E-state index is 13.4. The Kier molecular flexibility index (Phi) is 4.76. The lowest BCUT2D eigenvalue weighted by Crippen LogP contribution is -2.38. The molecule has 2 rings (SSSR count). The number of rotatable bonds is 4. The van der Waals surface area contributed by atoms with Crippen molar-refractivity contribution < 1.29 is 9.18 Å². The van der Waals surface area contributed by atoms with Gasteiger partial charge in [-0.2, -0.15) is 0 Å². The molecule has 110 valence electrons. The van der Waals surface area contributed by atoms with Crippen LogP contribution in [0.15, 0.2) is 24.3 Å². The van der Waals surface area contributed by atoms with Gasteiger partial charge in [-0.25, -0.2) is 4.39 Å². The highest BCUT2D eigenvalue weighted by Gasteiger charge is 2.36. The fourth-order valence-corrected chi connectivity index (χ4v) is 3.07. The second-order valence-electron chi connectivity index (χ2n) is 5.76. The summed E-state index contributed by atoms with van der Waals surface area (Å²) in [4.78, 5) is 14.5. The van der Waals surface area contributed by atoms with E-state index in [1.54, 1.807) is 12.1 Å². The number of hydrogen-bond acceptors (Lipinski definition) is 2. The highest BCUT2D eigenvalue weighted by molar-refractivity contribution is 5.79. The second-order valence-corrected chi connectivity index (χ2v) is 5.76. The summed E-state index contributed by atoms with van der Waals surface area (Å²) in [6, 6.07) is 6.63. The van der Waals surface area contributed by atoms with Gasteiger partial charge in [0.1, 0.15) is 5.82 Å². The number of halogens is 1. The standard InChI is InChI=1S/C16H23FN2O/c1-11-7-8-19(16(20)12(2)10-18-3)15(11)13-5-4-6-14(17)9-13/h4-6,9,11-12,15,18H,7-8,10H2,1-3H3. The number of nitrogens with zero attached hydrogens (tertiary/aromatic N) is 1. The molecule has 1 amide bonds. The van der Waals surface area contributed by atoms with Crippen molar-refractivity contribution in [2.24, 2.45) is 11.8 Å². The minimum absolute atomic E-state index is 0.00231. The number of carbonyl (C=O) groups excluding carboxylic acids is 1. The second kappa shape index (κ2) is 6.35. The van der Waals surface area contributed by atoms with Crippen molar-refractivity contribution in [1.82, 2.24) is 10.2 Å². The number of hydrogen-bond donors (Lipinski definition) is 1. The zero-order valence-corrected chi connectivity index (χ0v) is 12.4. The topological polar surface area (TPSA) is 32.3 Å². The summed E-state index contributed by atoms with van der Waals surface area (Å²) in [5, 5.41) is 3.04. The molecular formula is C16H23FN2O. The van der Waals surface area contributed by atoms with E-state index in [1.165, 1.54) is 6.07 Å². The average molecular weight is 278 g/mol. The van der Waals surface area contributed by atoms with E-state index in [9.17, 15) is 9.18 Å². The van der Waals surface area contributed by atoms with Gasteiger partial charge in [0.15, 0.2) is 0 Å². The van der Waals surface area contributed by atoms with E-state index in [4.69, 9.17) is 0 Å². The first-order valence-corrected chi connectivity index (χ1v) is 7.25. The Morgan fingerprint density at radius 1 is 1.55 bits per heavy atom. The van der Waals surface area contributed by atoms with Crippen molar-refractivity contribution in [3.8, 4) is 0 Å². The Balaban J connectivity index is 2.22. The van der Waals surface area contributed by atoms with Crippen LogP contribution in [-0.4, -0.2) is 30.9 Å². The number of amides is 1. The fraction of sp³-hybridized carbons (Fsp3) is 0.562. The highest BCUT2D eigenvalue weighted by atomic mass is 19.1. The molecule has 3 unspecified atom stereocenters. The minimum Gasteiger partial charge on any atom is -0.335 e. The Morgan fingerprint density at radius 2 is 2.30 bits per heavy atom. The van der Waals surface area contributed by atoms with E-state index in [-0.39, 0.29) is 23.7 Å². The molecule has 1 aromatic carbocycles. The van der Waals surface area contributed by atoms with E-state index in [2.05, 4.69) is 12.2 Å². The quantitative estimate of drug-likeness (QED) is 0.918. The first kappa shape index (κ1) is 15.0. The van der Waals surface area contributed by atoms with Gasteiger partial charge in [0, 0.05) is 19.0 Å². The third kappa shape index (κ3) is 3.01. The van der Waals surface area contributed by atoms with Gasteiger partial charge in [0.05, 0.1) is 6.04 Å². The largest absolute Gasteiger partial charge is 0.335 e. The molecule has 20 heavy (non-hydrogen) atoms. The Morgan fingerprint density at radius 3 is 2.95 bits per heavy atom. The molecule has 0 saturated carbocycles. The number of carbonyl (C=O) groups is 1. The average Bonchev–Trinajstić information content (AvgIpc) is 2.80. The molecule has 0 aliphatic carbocycles. The first-order chi connectivity index (χ1) is 9.54. The zero-order valence-electron chi connectivity index (χ0n) is 12.4. The van der Waals surface area contributed by atoms with Gasteiger partial charge in [-0.05, 0) is 37.1 Å². The van der Waals surface area contributed by atoms with E-state index in [0.717, 1.165) is 18.5 Å². The van der Waals surface area contributed by atoms with Crippen LogP contribution < -0.4 is 5.32 Å². The van der Waals surface area contributed by atoms with Crippen LogP contribution in [-0.2, 0) is 4.79 Å². The summed E-state index contributed by atoms with van der Waals surface area (Å²) in [5.74, 6) is 0.221. The van der Waals surface area contributed by atoms with Gasteiger partial charge >= 0.3 is 0 Å². The van der Waals surface area contributed by atoms with E-state index < -0.39 is 0 Å². The maximum atomic E-state index is 13.4. The van der Waals surface area contributed by atoms with E-state index in [0.29, 0.717) is 12.5 Å². The van der Waals surface area contributed by atoms with Crippen LogP contribution in [0.1, 0.15) is 31.9 Å². The third-order valence-electron chi connectivity index (χ3n) is 4.11. The van der Waals surface area contributed by atoms with Crippen LogP contribution in [0.5, 0.6) is 0 Å². The van der Waals surface area contributed by atoms with Crippen molar-refractivity contribution in [2.45, 2.75) is 26.3 Å². The SMILES string of the molecule is CNCC(C)C(=O)N1CCC(C)C1c1cccc(F)c1. The smallest absolute Gasteiger partial charge is 0.227 e. The molecule has 1 aliphatic rings. The molecule has 4 heteroatoms. The molecule has 1 aromatic rings. The van der Waals surface area contributed by atoms with Crippen molar-refractivity contribution in [3.63, 3.8) is 0 Å². The summed E-state index contributed by atoms with van der Waals surface area (Å²) in [6.07, 6.45) is 0.971. The van der Waals surface area contributed by atoms with Gasteiger partial charge < -0.3 is 10.2 Å². The molecule has 1 heterocycles. The van der Waals surface area contributed by atoms with Crippen LogP contribution in [0.25, 0.3) is 0 Å². The van der Waals surface area contributed by atoms with Crippen LogP contribution in [0.3, 0.4) is 0 Å². The maximum Gasteiger partial charge on any atom is 0.227 e. The molecule has 1 aliphatic heterocycles. The van der Waals surface area contributed by atoms with Crippen LogP contribution >= 0.6 is 0 Å². The summed E-state index contributed by atoms with van der Waals surface area (Å²) >= 11 is 0. The predicted molar refractivity (Wildman–Crippen MR) is 77.7 cm³/mol. The number of nitrogens with one attached hydrogen (secondary N) is 1. The summed E-state index contributed by atoms with van der Waals surface area (Å²) in [6.45, 7) is 5.49. The molecule has 1 fully saturated rings. The first-order valence-electron chi connectivity index (χ1n) is 7.25. The molecule has 1 saturated heterocycles. The van der Waals surface area contributed by atoms with Crippen molar-refractivity contribution in [3.05, 3.63) is 35.6 Å². The Bertz CT molecular complexity index is 477. The minimum atomic E-state index is -0.239. The van der Waals surface area contributed by atoms with Crippen LogP contribution in [0.4, 0.5) is 4.39 Å². The van der Waals surface area contributed by atoms with Gasteiger partial charge in [0.2, 0.25) is 5.91 Å². The molecule has 0 aromatic heterocycles.